The molecule has 33 heavy (non-hydrogen) atoms. The normalized spacial score (nSPS) is 21.6. The van der Waals surface area contributed by atoms with Gasteiger partial charge in [-0.2, -0.15) is 17.0 Å². The number of amides is 1. The number of benzene rings is 1. The second-order valence-electron chi connectivity index (χ2n) is 8.18. The number of nitrogens with one attached hydrogen (secondary N) is 1. The fourth-order valence-electron chi connectivity index (χ4n) is 3.96. The highest BCUT2D eigenvalue weighted by atomic mass is 32.2. The molecular weight excluding hydrogens is 486 g/mol. The standard InChI is InChI=1S/C21H29N3O6S3/c1-4-16-5-7-17(8-6-16)18-9-10-19(31-18)21(15-20(25)22-26)11-12-24(13-14-32(21,27)28)33(29,30)23(2)3/h5-10,26H,4,11-15H2,1-3H3,(H,22,25). The number of thiophene rings is 1. The molecule has 0 bridgehead atoms. The lowest BCUT2D eigenvalue weighted by atomic mass is 9.97. The molecule has 2 N–H and O–H groups in total. The molecule has 1 fully saturated rings. The largest absolute Gasteiger partial charge is 0.289 e. The summed E-state index contributed by atoms with van der Waals surface area (Å²) in [7, 11) is -5.02. The number of rotatable bonds is 7. The van der Waals surface area contributed by atoms with E-state index in [2.05, 4.69) is 6.92 Å². The van der Waals surface area contributed by atoms with Gasteiger partial charge in [-0.15, -0.1) is 11.3 Å². The van der Waals surface area contributed by atoms with Crippen molar-refractivity contribution in [1.82, 2.24) is 14.1 Å². The van der Waals surface area contributed by atoms with Gasteiger partial charge in [0.25, 0.3) is 10.2 Å². The molecule has 12 heteroatoms. The summed E-state index contributed by atoms with van der Waals surface area (Å²) in [5.41, 5.74) is 3.64. The number of nitrogens with zero attached hydrogens (tertiary/aromatic N) is 2. The highest BCUT2D eigenvalue weighted by molar-refractivity contribution is 7.92. The van der Waals surface area contributed by atoms with Crippen molar-refractivity contribution >= 4 is 37.3 Å². The van der Waals surface area contributed by atoms with Crippen LogP contribution in [0.25, 0.3) is 10.4 Å². The van der Waals surface area contributed by atoms with Crippen molar-refractivity contribution in [3.8, 4) is 10.4 Å². The zero-order valence-corrected chi connectivity index (χ0v) is 21.3. The SMILES string of the molecule is CCc1ccc(-c2ccc(C3(CC(=O)NO)CCN(S(=O)(=O)N(C)C)CCS3(=O)=O)s2)cc1. The van der Waals surface area contributed by atoms with Gasteiger partial charge in [-0.3, -0.25) is 10.0 Å². The highest BCUT2D eigenvalue weighted by Gasteiger charge is 2.50. The second-order valence-corrected chi connectivity index (χ2v) is 13.8. The van der Waals surface area contributed by atoms with Crippen LogP contribution in [0.4, 0.5) is 0 Å². The van der Waals surface area contributed by atoms with E-state index in [1.165, 1.54) is 36.5 Å². The summed E-state index contributed by atoms with van der Waals surface area (Å²) < 4.78 is 52.9. The molecule has 0 saturated carbocycles. The molecule has 1 unspecified atom stereocenters. The third-order valence-corrected chi connectivity index (χ3v) is 11.9. The molecule has 9 nitrogen and oxygen atoms in total. The molecule has 1 aliphatic rings. The number of sulfone groups is 1. The van der Waals surface area contributed by atoms with Crippen LogP contribution in [-0.4, -0.2) is 69.5 Å². The summed E-state index contributed by atoms with van der Waals surface area (Å²) in [6.45, 7) is 1.78. The Morgan fingerprint density at radius 3 is 2.42 bits per heavy atom. The lowest BCUT2D eigenvalue weighted by molar-refractivity contribution is -0.129. The van der Waals surface area contributed by atoms with Gasteiger partial charge in [-0.05, 0) is 36.1 Å². The Labute approximate surface area is 199 Å². The number of hydroxylamine groups is 1. The minimum Gasteiger partial charge on any atom is -0.289 e. The van der Waals surface area contributed by atoms with E-state index in [0.717, 1.165) is 25.5 Å². The van der Waals surface area contributed by atoms with Crippen LogP contribution in [0, 0.1) is 0 Å². The van der Waals surface area contributed by atoms with E-state index in [1.54, 1.807) is 6.07 Å². The molecule has 1 aliphatic heterocycles. The molecular formula is C21H29N3O6S3. The number of hydrogen-bond donors (Lipinski definition) is 2. The van der Waals surface area contributed by atoms with Crippen molar-refractivity contribution in [1.29, 1.82) is 0 Å². The van der Waals surface area contributed by atoms with Gasteiger partial charge >= 0.3 is 0 Å². The van der Waals surface area contributed by atoms with Gasteiger partial charge in [-0.1, -0.05) is 31.2 Å². The Hall–Kier alpha value is -1.83. The molecule has 1 aromatic heterocycles. The van der Waals surface area contributed by atoms with Crippen molar-refractivity contribution in [2.24, 2.45) is 0 Å². The number of carbonyl (C=O) groups excluding carboxylic acids is 1. The van der Waals surface area contributed by atoms with E-state index in [1.807, 2.05) is 30.3 Å². The average Bonchev–Trinajstić information content (AvgIpc) is 3.23. The molecule has 0 radical (unpaired) electrons. The van der Waals surface area contributed by atoms with Crippen molar-refractivity contribution in [3.05, 3.63) is 46.8 Å². The number of hydrogen-bond acceptors (Lipinski definition) is 7. The maximum absolute atomic E-state index is 13.6. The lowest BCUT2D eigenvalue weighted by Crippen LogP contribution is -2.42. The summed E-state index contributed by atoms with van der Waals surface area (Å²) in [6, 6.07) is 11.5. The van der Waals surface area contributed by atoms with Crippen LogP contribution in [0.3, 0.4) is 0 Å². The summed E-state index contributed by atoms with van der Waals surface area (Å²) >= 11 is 1.26. The van der Waals surface area contributed by atoms with E-state index < -0.39 is 42.9 Å². The van der Waals surface area contributed by atoms with Crippen LogP contribution in [-0.2, 0) is 36.0 Å². The highest BCUT2D eigenvalue weighted by Crippen LogP contribution is 2.45. The maximum Gasteiger partial charge on any atom is 0.281 e. The first-order chi connectivity index (χ1) is 15.5. The van der Waals surface area contributed by atoms with Crippen LogP contribution in [0.2, 0.25) is 0 Å². The average molecular weight is 516 g/mol. The van der Waals surface area contributed by atoms with Gasteiger partial charge < -0.3 is 0 Å². The molecule has 1 atom stereocenters. The topological polar surface area (TPSA) is 124 Å². The molecule has 3 rings (SSSR count). The smallest absolute Gasteiger partial charge is 0.281 e. The Balaban J connectivity index is 2.07. The summed E-state index contributed by atoms with van der Waals surface area (Å²) in [4.78, 5) is 13.5. The molecule has 0 spiro atoms. The third-order valence-electron chi connectivity index (χ3n) is 6.03. The van der Waals surface area contributed by atoms with Gasteiger partial charge in [0.1, 0.15) is 4.75 Å². The zero-order chi connectivity index (χ0) is 24.4. The minimum atomic E-state index is -3.96. The van der Waals surface area contributed by atoms with Crippen LogP contribution >= 0.6 is 11.3 Å². The maximum atomic E-state index is 13.6. The first-order valence-corrected chi connectivity index (χ1v) is 14.4. The number of carbonyl (C=O) groups is 1. The van der Waals surface area contributed by atoms with Gasteiger partial charge in [-0.25, -0.2) is 13.9 Å². The third kappa shape index (κ3) is 5.00. The van der Waals surface area contributed by atoms with E-state index in [9.17, 15) is 21.6 Å². The fraction of sp³-hybridized carbons (Fsp3) is 0.476. The van der Waals surface area contributed by atoms with Gasteiger partial charge in [0.05, 0.1) is 12.2 Å². The van der Waals surface area contributed by atoms with E-state index in [-0.39, 0.29) is 19.5 Å². The second kappa shape index (κ2) is 9.80. The summed E-state index contributed by atoms with van der Waals surface area (Å²) in [5, 5.41) is 9.15. The van der Waals surface area contributed by atoms with Gasteiger partial charge in [0.2, 0.25) is 5.91 Å². The fourth-order valence-corrected chi connectivity index (χ4v) is 8.79. The molecule has 1 amide bonds. The molecule has 2 aromatic rings. The molecule has 1 saturated heterocycles. The van der Waals surface area contributed by atoms with Gasteiger partial charge in [0, 0.05) is 36.9 Å². The Kier molecular flexibility index (Phi) is 7.66. The van der Waals surface area contributed by atoms with Crippen LogP contribution in [0.15, 0.2) is 36.4 Å². The van der Waals surface area contributed by atoms with Crippen LogP contribution in [0.1, 0.15) is 30.2 Å². The van der Waals surface area contributed by atoms with Gasteiger partial charge in [0.15, 0.2) is 9.84 Å². The first-order valence-electron chi connectivity index (χ1n) is 10.5. The molecule has 182 valence electrons. The van der Waals surface area contributed by atoms with E-state index in [4.69, 9.17) is 5.21 Å². The van der Waals surface area contributed by atoms with Crippen molar-refractivity contribution in [3.63, 3.8) is 0 Å². The van der Waals surface area contributed by atoms with Crippen molar-refractivity contribution in [2.75, 3.05) is 32.9 Å². The van der Waals surface area contributed by atoms with Crippen LogP contribution < -0.4 is 5.48 Å². The molecule has 2 heterocycles. The summed E-state index contributed by atoms with van der Waals surface area (Å²) in [6.07, 6.45) is 0.293. The molecule has 1 aromatic carbocycles. The van der Waals surface area contributed by atoms with Crippen molar-refractivity contribution < 1.29 is 26.8 Å². The summed E-state index contributed by atoms with van der Waals surface area (Å²) in [5.74, 6) is -1.28. The predicted molar refractivity (Wildman–Crippen MR) is 128 cm³/mol. The monoisotopic (exact) mass is 515 g/mol. The zero-order valence-electron chi connectivity index (χ0n) is 18.8. The Morgan fingerprint density at radius 1 is 1.18 bits per heavy atom. The van der Waals surface area contributed by atoms with E-state index in [0.29, 0.717) is 4.88 Å². The lowest BCUT2D eigenvalue weighted by Gasteiger charge is -2.30. The first kappa shape index (κ1) is 25.8. The quantitative estimate of drug-likeness (QED) is 0.429. The minimum absolute atomic E-state index is 0.0725. The van der Waals surface area contributed by atoms with Crippen LogP contribution in [0.5, 0.6) is 0 Å². The Bertz CT molecular complexity index is 1210. The van der Waals surface area contributed by atoms with E-state index >= 15 is 0 Å². The predicted octanol–water partition coefficient (Wildman–Crippen LogP) is 2.00. The molecule has 0 aliphatic carbocycles. The Morgan fingerprint density at radius 2 is 1.85 bits per heavy atom. The number of aryl methyl sites for hydroxylation is 1. The van der Waals surface area contributed by atoms with Crippen molar-refractivity contribution in [2.45, 2.75) is 30.9 Å².